The number of hydrazine groups is 1. The van der Waals surface area contributed by atoms with Gasteiger partial charge in [0.25, 0.3) is 5.91 Å². The van der Waals surface area contributed by atoms with E-state index in [4.69, 9.17) is 12.2 Å². The Morgan fingerprint density at radius 3 is 2.59 bits per heavy atom. The van der Waals surface area contributed by atoms with Gasteiger partial charge in [-0.1, -0.05) is 32.1 Å². The van der Waals surface area contributed by atoms with Gasteiger partial charge in [-0.2, -0.15) is 0 Å². The largest absolute Gasteiger partial charge is 0.277 e. The first-order valence-electron chi connectivity index (χ1n) is 4.72. The number of aromatic amines is 1. The van der Waals surface area contributed by atoms with Crippen LogP contribution in [0.1, 0.15) is 20.8 Å². The van der Waals surface area contributed by atoms with Crippen LogP contribution in [0.25, 0.3) is 0 Å². The highest BCUT2D eigenvalue weighted by Gasteiger charge is 2.25. The maximum absolute atomic E-state index is 11.7. The highest BCUT2D eigenvalue weighted by atomic mass is 32.1. The Bertz CT molecular complexity index is 520. The maximum atomic E-state index is 11.7. The van der Waals surface area contributed by atoms with Gasteiger partial charge in [0, 0.05) is 5.41 Å². The minimum atomic E-state index is -0.564. The number of H-pyrrole nitrogens is 1. The molecule has 17 heavy (non-hydrogen) atoms. The molecule has 0 aliphatic carbocycles. The van der Waals surface area contributed by atoms with Gasteiger partial charge in [0.2, 0.25) is 5.13 Å². The van der Waals surface area contributed by atoms with E-state index in [1.54, 1.807) is 26.7 Å². The van der Waals surface area contributed by atoms with Gasteiger partial charge in [0.1, 0.15) is 11.5 Å². The summed E-state index contributed by atoms with van der Waals surface area (Å²) < 4.78 is 0.490. The van der Waals surface area contributed by atoms with Crippen molar-refractivity contribution in [2.45, 2.75) is 20.8 Å². The van der Waals surface area contributed by atoms with Crippen molar-refractivity contribution in [2.24, 2.45) is 5.41 Å². The van der Waals surface area contributed by atoms with Crippen LogP contribution in [0.15, 0.2) is 5.57 Å². The van der Waals surface area contributed by atoms with E-state index in [2.05, 4.69) is 21.0 Å². The summed E-state index contributed by atoms with van der Waals surface area (Å²) in [5.74, 6) is 1.12. The third-order valence-electron chi connectivity index (χ3n) is 1.80. The molecule has 92 valence electrons. The first kappa shape index (κ1) is 13.6. The van der Waals surface area contributed by atoms with Crippen molar-refractivity contribution < 1.29 is 9.59 Å². The number of anilines is 1. The van der Waals surface area contributed by atoms with Crippen LogP contribution in [0.4, 0.5) is 5.13 Å². The van der Waals surface area contributed by atoms with E-state index in [0.29, 0.717) is 9.09 Å². The van der Waals surface area contributed by atoms with Crippen molar-refractivity contribution in [2.75, 3.05) is 5.43 Å². The van der Waals surface area contributed by atoms with Gasteiger partial charge in [-0.3, -0.25) is 20.7 Å². The molecule has 0 bridgehead atoms. The van der Waals surface area contributed by atoms with Crippen LogP contribution in [0.3, 0.4) is 0 Å². The Hall–Kier alpha value is -1.50. The monoisotopic (exact) mass is 272 g/mol. The van der Waals surface area contributed by atoms with Gasteiger partial charge in [0.15, 0.2) is 3.95 Å². The summed E-state index contributed by atoms with van der Waals surface area (Å²) in [5, 5.41) is 6.76. The summed E-state index contributed by atoms with van der Waals surface area (Å²) in [7, 11) is 0. The highest BCUT2D eigenvalue weighted by molar-refractivity contribution is 7.73. The molecule has 0 fully saturated rings. The maximum Gasteiger partial charge on any atom is 0.277 e. The van der Waals surface area contributed by atoms with E-state index in [9.17, 15) is 9.59 Å². The summed E-state index contributed by atoms with van der Waals surface area (Å²) in [6.45, 7) is 5.27. The molecule has 0 unspecified atom stereocenters. The summed E-state index contributed by atoms with van der Waals surface area (Å²) in [4.78, 5) is 22.4. The number of amides is 1. The second-order valence-corrected chi connectivity index (χ2v) is 5.89. The Balaban J connectivity index is 2.67. The smallest absolute Gasteiger partial charge is 0.271 e. The van der Waals surface area contributed by atoms with Crippen LogP contribution < -0.4 is 10.9 Å². The molecule has 0 aromatic carbocycles. The predicted octanol–water partition coefficient (Wildman–Crippen LogP) is 1.45. The molecule has 1 aromatic rings. The minimum Gasteiger partial charge on any atom is -0.271 e. The molecule has 8 heteroatoms. The molecule has 0 aliphatic heterocycles. The van der Waals surface area contributed by atoms with Gasteiger partial charge in [-0.15, -0.1) is 5.10 Å². The Morgan fingerprint density at radius 1 is 1.53 bits per heavy atom. The SMILES string of the molecule is CC(C)(C)C(=C=O)C(=O)NNc1n[nH]c(=S)s1. The predicted molar refractivity (Wildman–Crippen MR) is 67.7 cm³/mol. The zero-order valence-corrected chi connectivity index (χ0v) is 11.2. The van der Waals surface area contributed by atoms with E-state index < -0.39 is 11.3 Å². The summed E-state index contributed by atoms with van der Waals surface area (Å²) in [6.07, 6.45) is 0. The third-order valence-corrected chi connectivity index (χ3v) is 2.80. The van der Waals surface area contributed by atoms with Crippen LogP contribution in [-0.4, -0.2) is 22.0 Å². The molecule has 1 heterocycles. The number of carbonyl (C=O) groups excluding carboxylic acids is 2. The normalized spacial score (nSPS) is 10.5. The molecule has 0 aliphatic rings. The lowest BCUT2D eigenvalue weighted by Crippen LogP contribution is -2.35. The lowest BCUT2D eigenvalue weighted by atomic mass is 9.87. The van der Waals surface area contributed by atoms with Gasteiger partial charge in [-0.05, 0) is 12.2 Å². The summed E-state index contributed by atoms with van der Waals surface area (Å²) in [6, 6.07) is 0. The number of hydrogen-bond acceptors (Lipinski definition) is 6. The molecule has 1 rings (SSSR count). The molecule has 1 amide bonds. The fourth-order valence-electron chi connectivity index (χ4n) is 0.996. The molecule has 0 atom stereocenters. The molecule has 0 spiro atoms. The second kappa shape index (κ2) is 5.22. The molecule has 0 saturated heterocycles. The number of nitrogens with zero attached hydrogens (tertiary/aromatic N) is 1. The fourth-order valence-corrected chi connectivity index (χ4v) is 1.74. The Labute approximate surface area is 107 Å². The molecule has 0 radical (unpaired) electrons. The average molecular weight is 272 g/mol. The minimum absolute atomic E-state index is 0.0316. The van der Waals surface area contributed by atoms with E-state index in [1.807, 2.05) is 0 Å². The summed E-state index contributed by atoms with van der Waals surface area (Å²) in [5.41, 5.74) is 4.39. The Kier molecular flexibility index (Phi) is 4.17. The fraction of sp³-hybridized carbons (Fsp3) is 0.444. The van der Waals surface area contributed by atoms with E-state index in [-0.39, 0.29) is 5.57 Å². The second-order valence-electron chi connectivity index (χ2n) is 4.22. The van der Waals surface area contributed by atoms with Crippen molar-refractivity contribution in [3.8, 4) is 0 Å². The van der Waals surface area contributed by atoms with Crippen molar-refractivity contribution in [1.29, 1.82) is 0 Å². The number of nitrogens with one attached hydrogen (secondary N) is 3. The number of aromatic nitrogens is 2. The zero-order valence-electron chi connectivity index (χ0n) is 9.58. The number of hydrogen-bond donors (Lipinski definition) is 3. The van der Waals surface area contributed by atoms with E-state index in [0.717, 1.165) is 0 Å². The van der Waals surface area contributed by atoms with Crippen LogP contribution in [-0.2, 0) is 9.59 Å². The highest BCUT2D eigenvalue weighted by Crippen LogP contribution is 2.22. The topological polar surface area (TPSA) is 86.9 Å². The molecule has 0 saturated carbocycles. The van der Waals surface area contributed by atoms with Gasteiger partial charge < -0.3 is 0 Å². The quantitative estimate of drug-likeness (QED) is 0.335. The molecule has 3 N–H and O–H groups in total. The average Bonchev–Trinajstić information content (AvgIpc) is 2.60. The van der Waals surface area contributed by atoms with Gasteiger partial charge in [-0.25, -0.2) is 4.79 Å². The standard InChI is InChI=1S/C9H12N4O2S2/c1-9(2,3)5(4-14)6(15)10-11-7-12-13-8(16)17-7/h1-3H3,(H,10,15)(H,11,12)(H,13,16). The van der Waals surface area contributed by atoms with Crippen LogP contribution in [0.2, 0.25) is 0 Å². The molecular formula is C9H12N4O2S2. The van der Waals surface area contributed by atoms with Crippen LogP contribution in [0.5, 0.6) is 0 Å². The first-order valence-corrected chi connectivity index (χ1v) is 5.94. The van der Waals surface area contributed by atoms with Crippen molar-refractivity contribution in [3.63, 3.8) is 0 Å². The lowest BCUT2D eigenvalue weighted by Gasteiger charge is -2.18. The van der Waals surface area contributed by atoms with Crippen LogP contribution in [0, 0.1) is 9.37 Å². The third kappa shape index (κ3) is 3.77. The van der Waals surface area contributed by atoms with Gasteiger partial charge in [0.05, 0.1) is 0 Å². The Morgan fingerprint density at radius 2 is 2.18 bits per heavy atom. The van der Waals surface area contributed by atoms with Crippen molar-refractivity contribution in [1.82, 2.24) is 15.6 Å². The lowest BCUT2D eigenvalue weighted by molar-refractivity contribution is -0.117. The first-order chi connectivity index (χ1) is 7.84. The molecule has 1 aromatic heterocycles. The van der Waals surface area contributed by atoms with E-state index >= 15 is 0 Å². The van der Waals surface area contributed by atoms with Crippen molar-refractivity contribution in [3.05, 3.63) is 9.53 Å². The van der Waals surface area contributed by atoms with E-state index in [1.165, 1.54) is 11.3 Å². The van der Waals surface area contributed by atoms with Crippen LogP contribution >= 0.6 is 23.6 Å². The molecular weight excluding hydrogens is 260 g/mol. The van der Waals surface area contributed by atoms with Crippen molar-refractivity contribution >= 4 is 40.5 Å². The molecule has 6 nitrogen and oxygen atoms in total. The number of carbonyl (C=O) groups is 1. The number of rotatable bonds is 3. The van der Waals surface area contributed by atoms with Gasteiger partial charge >= 0.3 is 0 Å². The zero-order chi connectivity index (χ0) is 13.1. The summed E-state index contributed by atoms with van der Waals surface area (Å²) >= 11 is 6.00.